The number of rotatable bonds is 1. The quantitative estimate of drug-likeness (QED) is 0.504. The summed E-state index contributed by atoms with van der Waals surface area (Å²) in [4.78, 5) is 13.0. The van der Waals surface area contributed by atoms with Crippen molar-refractivity contribution in [3.63, 3.8) is 0 Å². The van der Waals surface area contributed by atoms with Crippen molar-refractivity contribution in [1.82, 2.24) is 10.2 Å². The Morgan fingerprint density at radius 3 is 3.18 bits per heavy atom. The second-order valence-electron chi connectivity index (χ2n) is 2.82. The van der Waals surface area contributed by atoms with Gasteiger partial charge in [-0.2, -0.15) is 0 Å². The van der Waals surface area contributed by atoms with Gasteiger partial charge in [0.2, 0.25) is 5.91 Å². The van der Waals surface area contributed by atoms with Crippen LogP contribution in [0, 0.1) is 0 Å². The van der Waals surface area contributed by atoms with E-state index in [1.807, 2.05) is 11.9 Å². The molecule has 0 aliphatic carbocycles. The number of hydrogen-bond acceptors (Lipinski definition) is 3. The van der Waals surface area contributed by atoms with E-state index < -0.39 is 0 Å². The number of aliphatic hydroxyl groups excluding tert-OH is 1. The van der Waals surface area contributed by atoms with Gasteiger partial charge in [0.15, 0.2) is 0 Å². The zero-order valence-corrected chi connectivity index (χ0v) is 6.71. The highest BCUT2D eigenvalue weighted by molar-refractivity contribution is 5.82. The van der Waals surface area contributed by atoms with Gasteiger partial charge in [0, 0.05) is 13.1 Å². The molecule has 0 spiro atoms. The molecule has 0 aromatic carbocycles. The van der Waals surface area contributed by atoms with Gasteiger partial charge in [-0.05, 0) is 13.5 Å². The van der Waals surface area contributed by atoms with Crippen LogP contribution in [0.4, 0.5) is 0 Å². The highest BCUT2D eigenvalue weighted by Crippen LogP contribution is 2.00. The highest BCUT2D eigenvalue weighted by atomic mass is 16.3. The van der Waals surface area contributed by atoms with Gasteiger partial charge in [-0.15, -0.1) is 0 Å². The average Bonchev–Trinajstić information content (AvgIpc) is 2.12. The summed E-state index contributed by atoms with van der Waals surface area (Å²) in [7, 11) is 1.85. The van der Waals surface area contributed by atoms with Crippen LogP contribution in [-0.4, -0.2) is 48.7 Å². The summed E-state index contributed by atoms with van der Waals surface area (Å²) in [5.41, 5.74) is 0. The van der Waals surface area contributed by atoms with E-state index in [0.717, 1.165) is 19.5 Å². The molecular formula is C7H14N2O2. The van der Waals surface area contributed by atoms with Crippen LogP contribution in [0.5, 0.6) is 0 Å². The van der Waals surface area contributed by atoms with Gasteiger partial charge in [-0.1, -0.05) is 0 Å². The van der Waals surface area contributed by atoms with Crippen LogP contribution >= 0.6 is 0 Å². The smallest absolute Gasteiger partial charge is 0.239 e. The normalized spacial score (nSPS) is 27.8. The van der Waals surface area contributed by atoms with Gasteiger partial charge in [0.25, 0.3) is 0 Å². The summed E-state index contributed by atoms with van der Waals surface area (Å²) in [6.45, 7) is 1.49. The first-order valence-corrected chi connectivity index (χ1v) is 3.84. The SMILES string of the molecule is CN1CCCNC(=O)C1CO. The van der Waals surface area contributed by atoms with Gasteiger partial charge in [-0.25, -0.2) is 0 Å². The second kappa shape index (κ2) is 3.69. The molecule has 1 atom stereocenters. The van der Waals surface area contributed by atoms with Crippen molar-refractivity contribution >= 4 is 5.91 Å². The van der Waals surface area contributed by atoms with Crippen LogP contribution < -0.4 is 5.32 Å². The van der Waals surface area contributed by atoms with E-state index in [1.165, 1.54) is 0 Å². The number of nitrogens with zero attached hydrogens (tertiary/aromatic N) is 1. The third-order valence-corrected chi connectivity index (χ3v) is 1.99. The Bertz CT molecular complexity index is 149. The number of nitrogens with one attached hydrogen (secondary N) is 1. The number of hydrogen-bond donors (Lipinski definition) is 2. The third kappa shape index (κ3) is 1.91. The Labute approximate surface area is 66.2 Å². The van der Waals surface area contributed by atoms with E-state index >= 15 is 0 Å². The molecule has 1 amide bonds. The molecule has 11 heavy (non-hydrogen) atoms. The minimum absolute atomic E-state index is 0.0625. The van der Waals surface area contributed by atoms with Crippen molar-refractivity contribution in [3.8, 4) is 0 Å². The van der Waals surface area contributed by atoms with E-state index in [-0.39, 0.29) is 18.6 Å². The fraction of sp³-hybridized carbons (Fsp3) is 0.857. The zero-order chi connectivity index (χ0) is 8.27. The number of carbonyl (C=O) groups excluding carboxylic acids is 1. The standard InChI is InChI=1S/C7H14N2O2/c1-9-4-2-3-8-7(11)6(9)5-10/h6,10H,2-5H2,1H3,(H,8,11). The maximum atomic E-state index is 11.1. The lowest BCUT2D eigenvalue weighted by Gasteiger charge is -2.21. The molecule has 1 saturated heterocycles. The molecule has 0 aromatic rings. The number of amides is 1. The first-order chi connectivity index (χ1) is 5.25. The number of aliphatic hydroxyl groups is 1. The van der Waals surface area contributed by atoms with Crippen LogP contribution in [0.25, 0.3) is 0 Å². The first-order valence-electron chi connectivity index (χ1n) is 3.84. The minimum Gasteiger partial charge on any atom is -0.394 e. The van der Waals surface area contributed by atoms with Crippen LogP contribution in [0.15, 0.2) is 0 Å². The predicted molar refractivity (Wildman–Crippen MR) is 41.1 cm³/mol. The lowest BCUT2D eigenvalue weighted by molar-refractivity contribution is -0.126. The van der Waals surface area contributed by atoms with Gasteiger partial charge in [-0.3, -0.25) is 9.69 Å². The van der Waals surface area contributed by atoms with Crippen LogP contribution in [0.3, 0.4) is 0 Å². The molecule has 4 nitrogen and oxygen atoms in total. The van der Waals surface area contributed by atoms with Crippen molar-refractivity contribution in [3.05, 3.63) is 0 Å². The van der Waals surface area contributed by atoms with E-state index in [9.17, 15) is 4.79 Å². The highest BCUT2D eigenvalue weighted by Gasteiger charge is 2.23. The monoisotopic (exact) mass is 158 g/mol. The predicted octanol–water partition coefficient (Wildman–Crippen LogP) is -1.20. The Kier molecular flexibility index (Phi) is 2.84. The molecule has 1 fully saturated rings. The molecule has 0 aromatic heterocycles. The molecular weight excluding hydrogens is 144 g/mol. The number of likely N-dealkylation sites (N-methyl/N-ethyl adjacent to an activating group) is 1. The van der Waals surface area contributed by atoms with Crippen LogP contribution in [0.1, 0.15) is 6.42 Å². The van der Waals surface area contributed by atoms with Crippen molar-refractivity contribution in [1.29, 1.82) is 0 Å². The second-order valence-corrected chi connectivity index (χ2v) is 2.82. The van der Waals surface area contributed by atoms with Gasteiger partial charge in [0.05, 0.1) is 6.61 Å². The molecule has 1 unspecified atom stereocenters. The summed E-state index contributed by atoms with van der Waals surface area (Å²) in [6.07, 6.45) is 0.957. The lowest BCUT2D eigenvalue weighted by Crippen LogP contribution is -2.44. The van der Waals surface area contributed by atoms with Crippen LogP contribution in [-0.2, 0) is 4.79 Å². The van der Waals surface area contributed by atoms with Crippen molar-refractivity contribution in [2.75, 3.05) is 26.7 Å². The summed E-state index contributed by atoms with van der Waals surface area (Å²) in [6, 6.07) is -0.350. The summed E-state index contributed by atoms with van der Waals surface area (Å²) >= 11 is 0. The van der Waals surface area contributed by atoms with Crippen molar-refractivity contribution in [2.24, 2.45) is 0 Å². The van der Waals surface area contributed by atoms with E-state index in [4.69, 9.17) is 5.11 Å². The maximum absolute atomic E-state index is 11.1. The Balaban J connectivity index is 2.58. The molecule has 1 aliphatic heterocycles. The third-order valence-electron chi connectivity index (χ3n) is 1.99. The lowest BCUT2D eigenvalue weighted by atomic mass is 10.2. The van der Waals surface area contributed by atoms with Gasteiger partial charge < -0.3 is 10.4 Å². The zero-order valence-electron chi connectivity index (χ0n) is 6.71. The number of carbonyl (C=O) groups is 1. The molecule has 1 heterocycles. The molecule has 4 heteroatoms. The fourth-order valence-electron chi connectivity index (χ4n) is 1.24. The Hall–Kier alpha value is -0.610. The largest absolute Gasteiger partial charge is 0.394 e. The van der Waals surface area contributed by atoms with Gasteiger partial charge in [0.1, 0.15) is 6.04 Å². The molecule has 1 rings (SSSR count). The first kappa shape index (κ1) is 8.49. The van der Waals surface area contributed by atoms with Crippen LogP contribution in [0.2, 0.25) is 0 Å². The van der Waals surface area contributed by atoms with Crippen molar-refractivity contribution in [2.45, 2.75) is 12.5 Å². The molecule has 64 valence electrons. The fourth-order valence-corrected chi connectivity index (χ4v) is 1.24. The average molecular weight is 158 g/mol. The summed E-state index contributed by atoms with van der Waals surface area (Å²) in [5.74, 6) is -0.0625. The topological polar surface area (TPSA) is 52.6 Å². The maximum Gasteiger partial charge on any atom is 0.239 e. The van der Waals surface area contributed by atoms with Gasteiger partial charge >= 0.3 is 0 Å². The Morgan fingerprint density at radius 2 is 2.55 bits per heavy atom. The molecule has 0 bridgehead atoms. The molecule has 0 saturated carbocycles. The van der Waals surface area contributed by atoms with E-state index in [1.54, 1.807) is 0 Å². The summed E-state index contributed by atoms with van der Waals surface area (Å²) < 4.78 is 0. The molecule has 1 aliphatic rings. The van der Waals surface area contributed by atoms with E-state index in [0.29, 0.717) is 0 Å². The minimum atomic E-state index is -0.350. The molecule has 0 radical (unpaired) electrons. The van der Waals surface area contributed by atoms with Crippen molar-refractivity contribution < 1.29 is 9.90 Å². The van der Waals surface area contributed by atoms with E-state index in [2.05, 4.69) is 5.32 Å². The molecule has 2 N–H and O–H groups in total. The Morgan fingerprint density at radius 1 is 1.82 bits per heavy atom. The summed E-state index contributed by atoms with van der Waals surface area (Å²) in [5, 5.41) is 11.6.